The summed E-state index contributed by atoms with van der Waals surface area (Å²) >= 11 is 0. The van der Waals surface area contributed by atoms with Crippen LogP contribution in [0.1, 0.15) is 32.3 Å². The molecule has 1 aromatic rings. The molecule has 0 aliphatic carbocycles. The molecule has 0 saturated carbocycles. The van der Waals surface area contributed by atoms with Gasteiger partial charge in [-0.3, -0.25) is 14.5 Å². The number of hydrogen-bond acceptors (Lipinski definition) is 6. The molecule has 2 amide bonds. The lowest BCUT2D eigenvalue weighted by Gasteiger charge is -2.34. The molecule has 0 aromatic heterocycles. The standard InChI is InChI=1S/C24H33N3O5/c1-17(2)20-15-32-24-7-8-26(21(24)13-22(28)27(20)24)14-18-3-5-19(6-4-18)31-16-23(29)25-9-11-30-12-10-25/h3-6,17,20-21H,7-16H2,1-2H3/t20-,21+,24-/m0/s1. The molecule has 4 heterocycles. The molecule has 8 nitrogen and oxygen atoms in total. The van der Waals surface area contributed by atoms with Crippen LogP contribution in [-0.2, 0) is 25.6 Å². The third kappa shape index (κ3) is 3.78. The fourth-order valence-electron chi connectivity index (χ4n) is 5.62. The van der Waals surface area contributed by atoms with Crippen LogP contribution in [0, 0.1) is 5.92 Å². The molecule has 0 N–H and O–H groups in total. The minimum absolute atomic E-state index is 0.00791. The Morgan fingerprint density at radius 1 is 1.19 bits per heavy atom. The van der Waals surface area contributed by atoms with E-state index in [1.54, 1.807) is 4.90 Å². The minimum Gasteiger partial charge on any atom is -0.484 e. The first-order valence-corrected chi connectivity index (χ1v) is 11.8. The number of nitrogens with zero attached hydrogens (tertiary/aromatic N) is 3. The molecule has 4 saturated heterocycles. The van der Waals surface area contributed by atoms with E-state index in [-0.39, 0.29) is 30.5 Å². The second-order valence-electron chi connectivity index (χ2n) is 9.60. The summed E-state index contributed by atoms with van der Waals surface area (Å²) in [6, 6.07) is 8.22. The van der Waals surface area contributed by atoms with Crippen molar-refractivity contribution in [2.24, 2.45) is 5.92 Å². The highest BCUT2D eigenvalue weighted by Crippen LogP contribution is 2.49. The average molecular weight is 444 g/mol. The first kappa shape index (κ1) is 21.7. The topological polar surface area (TPSA) is 71.5 Å². The van der Waals surface area contributed by atoms with E-state index in [4.69, 9.17) is 14.2 Å². The summed E-state index contributed by atoms with van der Waals surface area (Å²) in [5.41, 5.74) is 0.729. The molecule has 0 unspecified atom stereocenters. The van der Waals surface area contributed by atoms with Crippen LogP contribution >= 0.6 is 0 Å². The summed E-state index contributed by atoms with van der Waals surface area (Å²) in [6.45, 7) is 9.14. The summed E-state index contributed by atoms with van der Waals surface area (Å²) in [7, 11) is 0. The van der Waals surface area contributed by atoms with Crippen LogP contribution in [0.4, 0.5) is 0 Å². The van der Waals surface area contributed by atoms with Crippen LogP contribution in [0.5, 0.6) is 5.75 Å². The smallest absolute Gasteiger partial charge is 0.260 e. The van der Waals surface area contributed by atoms with Crippen LogP contribution in [0.3, 0.4) is 0 Å². The van der Waals surface area contributed by atoms with Gasteiger partial charge in [-0.2, -0.15) is 0 Å². The second kappa shape index (κ2) is 8.65. The SMILES string of the molecule is CC(C)[C@@H]1CO[C@@]23CCN(Cc4ccc(OCC(=O)N5CCOCC5)cc4)[C@@H]2CC(=O)N13. The van der Waals surface area contributed by atoms with E-state index in [9.17, 15) is 9.59 Å². The highest BCUT2D eigenvalue weighted by molar-refractivity contribution is 5.82. The number of likely N-dealkylation sites (tertiary alicyclic amines) is 1. The molecular weight excluding hydrogens is 410 g/mol. The Labute approximate surface area is 189 Å². The lowest BCUT2D eigenvalue weighted by molar-refractivity contribution is -0.139. The van der Waals surface area contributed by atoms with E-state index in [0.29, 0.717) is 51.0 Å². The summed E-state index contributed by atoms with van der Waals surface area (Å²) < 4.78 is 17.3. The Balaban J connectivity index is 1.18. The molecule has 174 valence electrons. The van der Waals surface area contributed by atoms with E-state index in [1.165, 1.54) is 5.56 Å². The summed E-state index contributed by atoms with van der Waals surface area (Å²) in [5, 5.41) is 0. The molecule has 0 radical (unpaired) electrons. The van der Waals surface area contributed by atoms with Gasteiger partial charge in [-0.25, -0.2) is 0 Å². The van der Waals surface area contributed by atoms with Gasteiger partial charge in [0.15, 0.2) is 12.3 Å². The normalized spacial score (nSPS) is 30.2. The van der Waals surface area contributed by atoms with Gasteiger partial charge < -0.3 is 24.0 Å². The first-order valence-electron chi connectivity index (χ1n) is 11.8. The first-order chi connectivity index (χ1) is 15.5. The van der Waals surface area contributed by atoms with Gasteiger partial charge in [-0.05, 0) is 23.6 Å². The van der Waals surface area contributed by atoms with Gasteiger partial charge >= 0.3 is 0 Å². The molecule has 0 bridgehead atoms. The van der Waals surface area contributed by atoms with E-state index in [0.717, 1.165) is 19.5 Å². The largest absolute Gasteiger partial charge is 0.484 e. The zero-order chi connectivity index (χ0) is 22.3. The van der Waals surface area contributed by atoms with Crippen LogP contribution < -0.4 is 4.74 Å². The maximum absolute atomic E-state index is 12.8. The Morgan fingerprint density at radius 3 is 2.66 bits per heavy atom. The molecule has 4 fully saturated rings. The predicted octanol–water partition coefficient (Wildman–Crippen LogP) is 1.48. The van der Waals surface area contributed by atoms with Crippen molar-refractivity contribution in [3.63, 3.8) is 0 Å². The van der Waals surface area contributed by atoms with Crippen LogP contribution in [0.25, 0.3) is 0 Å². The molecule has 4 aliphatic heterocycles. The summed E-state index contributed by atoms with van der Waals surface area (Å²) in [6.07, 6.45) is 1.41. The van der Waals surface area contributed by atoms with Crippen molar-refractivity contribution in [3.8, 4) is 5.75 Å². The molecule has 8 heteroatoms. The lowest BCUT2D eigenvalue weighted by Crippen LogP contribution is -2.50. The number of benzene rings is 1. The Morgan fingerprint density at radius 2 is 1.94 bits per heavy atom. The van der Waals surface area contributed by atoms with Gasteiger partial charge in [0.1, 0.15) is 5.75 Å². The number of ether oxygens (including phenoxy) is 3. The van der Waals surface area contributed by atoms with E-state index >= 15 is 0 Å². The van der Waals surface area contributed by atoms with E-state index in [1.807, 2.05) is 24.3 Å². The summed E-state index contributed by atoms with van der Waals surface area (Å²) in [5.74, 6) is 1.30. The predicted molar refractivity (Wildman–Crippen MR) is 117 cm³/mol. The Bertz CT molecular complexity index is 854. The van der Waals surface area contributed by atoms with Crippen LogP contribution in [0.15, 0.2) is 24.3 Å². The fraction of sp³-hybridized carbons (Fsp3) is 0.667. The van der Waals surface area contributed by atoms with Crippen LogP contribution in [-0.4, -0.2) is 90.4 Å². The maximum Gasteiger partial charge on any atom is 0.260 e. The second-order valence-corrected chi connectivity index (χ2v) is 9.60. The Kier molecular flexibility index (Phi) is 5.86. The third-order valence-corrected chi connectivity index (χ3v) is 7.40. The van der Waals surface area contributed by atoms with Crippen molar-refractivity contribution in [1.29, 1.82) is 0 Å². The molecular formula is C24H33N3O5. The van der Waals surface area contributed by atoms with E-state index < -0.39 is 5.72 Å². The average Bonchev–Trinajstić information content (AvgIpc) is 3.43. The molecule has 32 heavy (non-hydrogen) atoms. The zero-order valence-electron chi connectivity index (χ0n) is 19.0. The monoisotopic (exact) mass is 443 g/mol. The van der Waals surface area contributed by atoms with Gasteiger partial charge in [-0.1, -0.05) is 26.0 Å². The number of amides is 2. The van der Waals surface area contributed by atoms with Gasteiger partial charge in [0.2, 0.25) is 5.91 Å². The molecule has 1 spiro atoms. The van der Waals surface area contributed by atoms with Crippen molar-refractivity contribution in [1.82, 2.24) is 14.7 Å². The van der Waals surface area contributed by atoms with Crippen LogP contribution in [0.2, 0.25) is 0 Å². The molecule has 4 aliphatic rings. The van der Waals surface area contributed by atoms with Crippen molar-refractivity contribution < 1.29 is 23.8 Å². The quantitative estimate of drug-likeness (QED) is 0.663. The number of carbonyl (C=O) groups excluding carboxylic acids is 2. The van der Waals surface area contributed by atoms with Gasteiger partial charge in [-0.15, -0.1) is 0 Å². The molecule has 1 aromatic carbocycles. The van der Waals surface area contributed by atoms with Gasteiger partial charge in [0.05, 0.1) is 31.9 Å². The highest BCUT2D eigenvalue weighted by atomic mass is 16.5. The fourth-order valence-corrected chi connectivity index (χ4v) is 5.62. The van der Waals surface area contributed by atoms with E-state index in [2.05, 4.69) is 23.6 Å². The number of hydrogen-bond donors (Lipinski definition) is 0. The van der Waals surface area contributed by atoms with Crippen molar-refractivity contribution in [3.05, 3.63) is 29.8 Å². The number of morpholine rings is 1. The number of carbonyl (C=O) groups is 2. The Hall–Kier alpha value is -2.16. The van der Waals surface area contributed by atoms with Crippen molar-refractivity contribution >= 4 is 11.8 Å². The zero-order valence-corrected chi connectivity index (χ0v) is 19.0. The molecule has 5 rings (SSSR count). The highest BCUT2D eigenvalue weighted by Gasteiger charge is 2.64. The number of rotatable bonds is 6. The third-order valence-electron chi connectivity index (χ3n) is 7.40. The molecule has 3 atom stereocenters. The summed E-state index contributed by atoms with van der Waals surface area (Å²) in [4.78, 5) is 31.3. The van der Waals surface area contributed by atoms with Gasteiger partial charge in [0.25, 0.3) is 5.91 Å². The van der Waals surface area contributed by atoms with Crippen molar-refractivity contribution in [2.45, 2.75) is 51.0 Å². The van der Waals surface area contributed by atoms with Gasteiger partial charge in [0, 0.05) is 39.0 Å². The minimum atomic E-state index is -0.436. The lowest BCUT2D eigenvalue weighted by atomic mass is 10.0. The maximum atomic E-state index is 12.8. The van der Waals surface area contributed by atoms with Crippen molar-refractivity contribution in [2.75, 3.05) is 46.1 Å².